The first-order valence-corrected chi connectivity index (χ1v) is 12.4. The first-order valence-electron chi connectivity index (χ1n) is 12.4. The summed E-state index contributed by atoms with van der Waals surface area (Å²) in [5.41, 5.74) is 7.53. The van der Waals surface area contributed by atoms with Crippen LogP contribution >= 0.6 is 0 Å². The van der Waals surface area contributed by atoms with Crippen LogP contribution in [0.4, 0.5) is 8.78 Å². The number of hydrogen-bond donors (Lipinski definition) is 1. The van der Waals surface area contributed by atoms with Gasteiger partial charge in [0.15, 0.2) is 0 Å². The Morgan fingerprint density at radius 3 is 2.48 bits per heavy atom. The van der Waals surface area contributed by atoms with Gasteiger partial charge in [0.1, 0.15) is 0 Å². The number of alkyl halides is 2. The summed E-state index contributed by atoms with van der Waals surface area (Å²) >= 11 is 0. The highest BCUT2D eigenvalue weighted by molar-refractivity contribution is 5.92. The number of piperidine rings is 1. The zero-order chi connectivity index (χ0) is 24.1. The van der Waals surface area contributed by atoms with E-state index in [-0.39, 0.29) is 6.54 Å². The fourth-order valence-electron chi connectivity index (χ4n) is 5.00. The van der Waals surface area contributed by atoms with Gasteiger partial charge in [0, 0.05) is 16.6 Å². The van der Waals surface area contributed by atoms with Gasteiger partial charge in [0.25, 0.3) is 6.43 Å². The molecular weight excluding hydrogens is 414 g/mol. The number of hydrogen-bond acceptors (Lipinski definition) is 1. The molecule has 0 saturated carbocycles. The highest BCUT2D eigenvalue weighted by Gasteiger charge is 2.24. The van der Waals surface area contributed by atoms with Gasteiger partial charge in [0.05, 0.1) is 6.54 Å². The molecule has 0 bridgehead atoms. The lowest BCUT2D eigenvalue weighted by atomic mass is 9.87. The number of aromatic nitrogens is 1. The number of allylic oxidation sites excluding steroid dienone is 5. The average Bonchev–Trinajstić information content (AvgIpc) is 3.17. The molecule has 180 valence electrons. The van der Waals surface area contributed by atoms with Crippen molar-refractivity contribution >= 4 is 16.5 Å². The molecule has 1 aliphatic rings. The highest BCUT2D eigenvalue weighted by atomic mass is 19.3. The van der Waals surface area contributed by atoms with E-state index in [1.807, 2.05) is 11.0 Å². The Labute approximate surface area is 198 Å². The van der Waals surface area contributed by atoms with E-state index in [4.69, 9.17) is 0 Å². The van der Waals surface area contributed by atoms with E-state index in [0.29, 0.717) is 17.8 Å². The molecule has 3 rings (SSSR count). The Balaban J connectivity index is 1.98. The standard InChI is InChI=1S/C29H40F2N2/c1-7-9-24(16-21(6)20(5)8-2)29-28(19(3)4)25-17-23(10-11-26(25)32-29)22-12-14-33(15-13-22)18-27(30)31/h7,9-11,16-17,19-20,22,27,32H,1,8,12-15,18H2,2-6H3/b21-16-,24-9+. The van der Waals surface area contributed by atoms with Gasteiger partial charge in [0.2, 0.25) is 0 Å². The third kappa shape index (κ3) is 6.03. The molecule has 1 N–H and O–H groups in total. The first kappa shape index (κ1) is 25.4. The van der Waals surface area contributed by atoms with E-state index in [1.54, 1.807) is 0 Å². The van der Waals surface area contributed by atoms with Crippen molar-refractivity contribution in [3.63, 3.8) is 0 Å². The Morgan fingerprint density at radius 1 is 1.21 bits per heavy atom. The van der Waals surface area contributed by atoms with Gasteiger partial charge in [-0.1, -0.05) is 64.1 Å². The number of halogens is 2. The topological polar surface area (TPSA) is 19.0 Å². The quantitative estimate of drug-likeness (QED) is 0.378. The maximum Gasteiger partial charge on any atom is 0.251 e. The van der Waals surface area contributed by atoms with Crippen LogP contribution in [0, 0.1) is 5.92 Å². The number of aromatic amines is 1. The summed E-state index contributed by atoms with van der Waals surface area (Å²) in [7, 11) is 0. The number of fused-ring (bicyclic) bond motifs is 1. The second-order valence-corrected chi connectivity index (χ2v) is 9.89. The lowest BCUT2D eigenvalue weighted by molar-refractivity contribution is 0.0754. The van der Waals surface area contributed by atoms with E-state index in [2.05, 4.69) is 76.5 Å². The minimum atomic E-state index is -2.25. The summed E-state index contributed by atoms with van der Waals surface area (Å²) < 4.78 is 25.5. The van der Waals surface area contributed by atoms with Crippen LogP contribution in [0.25, 0.3) is 16.5 Å². The summed E-state index contributed by atoms with van der Waals surface area (Å²) in [6, 6.07) is 6.76. The van der Waals surface area contributed by atoms with Crippen molar-refractivity contribution in [3.05, 3.63) is 65.4 Å². The van der Waals surface area contributed by atoms with Crippen molar-refractivity contribution in [3.8, 4) is 0 Å². The second-order valence-electron chi connectivity index (χ2n) is 9.89. The van der Waals surface area contributed by atoms with Gasteiger partial charge in [-0.15, -0.1) is 0 Å². The molecule has 1 saturated heterocycles. The minimum Gasteiger partial charge on any atom is -0.354 e. The van der Waals surface area contributed by atoms with Crippen molar-refractivity contribution in [2.45, 2.75) is 72.1 Å². The van der Waals surface area contributed by atoms with Crippen LogP contribution < -0.4 is 0 Å². The van der Waals surface area contributed by atoms with Crippen LogP contribution in [-0.4, -0.2) is 35.9 Å². The monoisotopic (exact) mass is 454 g/mol. The second kappa shape index (κ2) is 11.3. The van der Waals surface area contributed by atoms with Crippen LogP contribution in [0.5, 0.6) is 0 Å². The number of nitrogens with zero attached hydrogens (tertiary/aromatic N) is 1. The summed E-state index contributed by atoms with van der Waals surface area (Å²) in [6.07, 6.45) is 7.00. The molecule has 0 aliphatic carbocycles. The van der Waals surface area contributed by atoms with E-state index < -0.39 is 6.43 Å². The van der Waals surface area contributed by atoms with Crippen LogP contribution in [0.3, 0.4) is 0 Å². The van der Waals surface area contributed by atoms with Crippen molar-refractivity contribution in [1.29, 1.82) is 0 Å². The number of nitrogens with one attached hydrogen (secondary N) is 1. The van der Waals surface area contributed by atoms with Crippen LogP contribution in [0.1, 0.15) is 82.5 Å². The molecular formula is C29H40F2N2. The number of likely N-dealkylation sites (tertiary alicyclic amines) is 1. The van der Waals surface area contributed by atoms with E-state index in [0.717, 1.165) is 37.9 Å². The Hall–Kier alpha value is -2.20. The fourth-order valence-corrected chi connectivity index (χ4v) is 5.00. The molecule has 2 aromatic rings. The van der Waals surface area contributed by atoms with E-state index in [9.17, 15) is 8.78 Å². The van der Waals surface area contributed by atoms with Gasteiger partial charge in [-0.2, -0.15) is 0 Å². The molecule has 1 atom stereocenters. The molecule has 1 fully saturated rings. The van der Waals surface area contributed by atoms with Crippen molar-refractivity contribution < 1.29 is 8.78 Å². The number of rotatable bonds is 9. The normalized spacial score (nSPS) is 18.0. The highest BCUT2D eigenvalue weighted by Crippen LogP contribution is 2.37. The van der Waals surface area contributed by atoms with Crippen molar-refractivity contribution in [2.75, 3.05) is 19.6 Å². The zero-order valence-electron chi connectivity index (χ0n) is 20.9. The third-order valence-electron chi connectivity index (χ3n) is 7.25. The van der Waals surface area contributed by atoms with Crippen LogP contribution in [0.15, 0.2) is 48.6 Å². The smallest absolute Gasteiger partial charge is 0.251 e. The summed E-state index contributed by atoms with van der Waals surface area (Å²) in [4.78, 5) is 5.59. The lowest BCUT2D eigenvalue weighted by Crippen LogP contribution is -2.36. The first-order chi connectivity index (χ1) is 15.7. The maximum absolute atomic E-state index is 12.7. The Kier molecular flexibility index (Phi) is 8.69. The third-order valence-corrected chi connectivity index (χ3v) is 7.25. The molecule has 2 heterocycles. The van der Waals surface area contributed by atoms with E-state index in [1.165, 1.54) is 33.4 Å². The van der Waals surface area contributed by atoms with Crippen LogP contribution in [-0.2, 0) is 0 Å². The zero-order valence-corrected chi connectivity index (χ0v) is 20.9. The predicted octanol–water partition coefficient (Wildman–Crippen LogP) is 8.30. The largest absolute Gasteiger partial charge is 0.354 e. The van der Waals surface area contributed by atoms with Gasteiger partial charge in [-0.25, -0.2) is 8.78 Å². The SMILES string of the molecule is C=C/C=C(\C=C(\C)C(C)CC)c1[nH]c2ccc(C3CCN(CC(F)F)CC3)cc2c1C(C)C. The molecule has 4 heteroatoms. The molecule has 33 heavy (non-hydrogen) atoms. The number of H-pyrrole nitrogens is 1. The Morgan fingerprint density at radius 2 is 1.91 bits per heavy atom. The summed E-state index contributed by atoms with van der Waals surface area (Å²) in [5, 5.41) is 1.28. The number of benzene rings is 1. The molecule has 1 unspecified atom stereocenters. The van der Waals surface area contributed by atoms with Gasteiger partial charge >= 0.3 is 0 Å². The fraction of sp³-hybridized carbons (Fsp3) is 0.517. The summed E-state index contributed by atoms with van der Waals surface area (Å²) in [5.74, 6) is 1.33. The molecule has 1 aromatic carbocycles. The lowest BCUT2D eigenvalue weighted by Gasteiger charge is -2.32. The predicted molar refractivity (Wildman–Crippen MR) is 138 cm³/mol. The molecule has 2 nitrogen and oxygen atoms in total. The molecule has 0 radical (unpaired) electrons. The maximum atomic E-state index is 12.7. The molecule has 0 amide bonds. The molecule has 1 aromatic heterocycles. The minimum absolute atomic E-state index is 0.105. The molecule has 1 aliphatic heterocycles. The van der Waals surface area contributed by atoms with Crippen molar-refractivity contribution in [2.24, 2.45) is 5.92 Å². The van der Waals surface area contributed by atoms with Gasteiger partial charge < -0.3 is 4.98 Å². The summed E-state index contributed by atoms with van der Waals surface area (Å²) in [6.45, 7) is 16.5. The molecule has 0 spiro atoms. The average molecular weight is 455 g/mol. The van der Waals surface area contributed by atoms with Gasteiger partial charge in [-0.3, -0.25) is 4.90 Å². The van der Waals surface area contributed by atoms with Crippen LogP contribution in [0.2, 0.25) is 0 Å². The van der Waals surface area contributed by atoms with E-state index >= 15 is 0 Å². The van der Waals surface area contributed by atoms with Crippen molar-refractivity contribution in [1.82, 2.24) is 9.88 Å². The Bertz CT molecular complexity index is 1000. The van der Waals surface area contributed by atoms with Gasteiger partial charge in [-0.05, 0) is 85.9 Å².